The fourth-order valence-corrected chi connectivity index (χ4v) is 3.84. The van der Waals surface area contributed by atoms with Crippen molar-refractivity contribution in [3.8, 4) is 12.1 Å². The van der Waals surface area contributed by atoms with Gasteiger partial charge in [0.05, 0.1) is 10.9 Å². The van der Waals surface area contributed by atoms with Gasteiger partial charge in [-0.3, -0.25) is 0 Å². The Bertz CT molecular complexity index is 801. The molecular weight excluding hydrogens is 302 g/mol. The molecule has 6 nitrogen and oxygen atoms in total. The maximum absolute atomic E-state index is 12.4. The first kappa shape index (κ1) is 14.7. The minimum Gasteiger partial charge on any atom is -0.195 e. The maximum Gasteiger partial charge on any atom is 0.313 e. The van der Waals surface area contributed by atoms with Crippen molar-refractivity contribution in [3.05, 3.63) is 42.0 Å². The van der Waals surface area contributed by atoms with E-state index in [9.17, 15) is 18.9 Å². The Morgan fingerprint density at radius 2 is 1.86 bits per heavy atom. The van der Waals surface area contributed by atoms with Gasteiger partial charge in [-0.05, 0) is 25.5 Å². The number of fused-ring (bicyclic) bond motifs is 2. The molecule has 2 unspecified atom stereocenters. The SMILES string of the molecule is Cc1ccc(S(=O)(=O)ON2C3C=CC(C3)C2(C#N)C#N)cc1. The van der Waals surface area contributed by atoms with E-state index in [1.165, 1.54) is 12.1 Å². The van der Waals surface area contributed by atoms with E-state index in [-0.39, 0.29) is 16.9 Å². The van der Waals surface area contributed by atoms with Gasteiger partial charge in [-0.1, -0.05) is 29.8 Å². The number of nitriles is 2. The predicted molar refractivity (Wildman–Crippen MR) is 76.3 cm³/mol. The lowest BCUT2D eigenvalue weighted by molar-refractivity contribution is -0.0991. The monoisotopic (exact) mass is 315 g/mol. The van der Waals surface area contributed by atoms with Gasteiger partial charge in [-0.15, -0.1) is 5.06 Å². The summed E-state index contributed by atoms with van der Waals surface area (Å²) in [6.45, 7) is 1.85. The zero-order chi connectivity index (χ0) is 16.0. The van der Waals surface area contributed by atoms with Crippen LogP contribution in [0.5, 0.6) is 0 Å². The molecule has 0 radical (unpaired) electrons. The van der Waals surface area contributed by atoms with Crippen molar-refractivity contribution < 1.29 is 12.7 Å². The van der Waals surface area contributed by atoms with Crippen molar-refractivity contribution in [2.24, 2.45) is 5.92 Å². The van der Waals surface area contributed by atoms with Crippen LogP contribution in [-0.2, 0) is 14.4 Å². The second kappa shape index (κ2) is 4.92. The lowest BCUT2D eigenvalue weighted by atomic mass is 9.89. The van der Waals surface area contributed by atoms with Crippen molar-refractivity contribution >= 4 is 10.1 Å². The summed E-state index contributed by atoms with van der Waals surface area (Å²) >= 11 is 0. The van der Waals surface area contributed by atoms with Crippen LogP contribution in [-0.4, -0.2) is 25.1 Å². The predicted octanol–water partition coefficient (Wildman–Crippen LogP) is 1.66. The van der Waals surface area contributed by atoms with Gasteiger partial charge >= 0.3 is 10.1 Å². The summed E-state index contributed by atoms with van der Waals surface area (Å²) in [5.74, 6) is -0.347. The highest BCUT2D eigenvalue weighted by atomic mass is 32.2. The molecule has 22 heavy (non-hydrogen) atoms. The van der Waals surface area contributed by atoms with Gasteiger partial charge in [-0.2, -0.15) is 23.2 Å². The molecule has 1 aliphatic carbocycles. The van der Waals surface area contributed by atoms with Crippen LogP contribution >= 0.6 is 0 Å². The highest BCUT2D eigenvalue weighted by Gasteiger charge is 2.58. The summed E-state index contributed by atoms with van der Waals surface area (Å²) in [5, 5.41) is 19.8. The zero-order valence-electron chi connectivity index (χ0n) is 11.8. The molecular formula is C15H13N3O3S. The number of rotatable bonds is 3. The Balaban J connectivity index is 1.96. The second-order valence-electron chi connectivity index (χ2n) is 5.45. The highest BCUT2D eigenvalue weighted by molar-refractivity contribution is 7.86. The van der Waals surface area contributed by atoms with E-state index in [0.717, 1.165) is 10.6 Å². The Labute approximate surface area is 128 Å². The topological polar surface area (TPSA) is 94.2 Å². The molecule has 0 aromatic heterocycles. The largest absolute Gasteiger partial charge is 0.313 e. The maximum atomic E-state index is 12.4. The van der Waals surface area contributed by atoms with Crippen LogP contribution in [0.15, 0.2) is 41.3 Å². The average molecular weight is 315 g/mol. The molecule has 2 bridgehead atoms. The van der Waals surface area contributed by atoms with Crippen LogP contribution < -0.4 is 0 Å². The molecule has 0 saturated carbocycles. The van der Waals surface area contributed by atoms with Crippen molar-refractivity contribution in [1.82, 2.24) is 5.06 Å². The third kappa shape index (κ3) is 2.03. The summed E-state index contributed by atoms with van der Waals surface area (Å²) in [6, 6.07) is 9.65. The van der Waals surface area contributed by atoms with Gasteiger partial charge < -0.3 is 0 Å². The van der Waals surface area contributed by atoms with E-state index in [2.05, 4.69) is 0 Å². The first-order valence-electron chi connectivity index (χ1n) is 6.74. The number of aryl methyl sites for hydroxylation is 1. The fraction of sp³-hybridized carbons (Fsp3) is 0.333. The lowest BCUT2D eigenvalue weighted by Crippen LogP contribution is -2.50. The Hall–Kier alpha value is -2.19. The third-order valence-corrected chi connectivity index (χ3v) is 5.28. The van der Waals surface area contributed by atoms with Crippen molar-refractivity contribution in [3.63, 3.8) is 0 Å². The molecule has 0 N–H and O–H groups in total. The van der Waals surface area contributed by atoms with Crippen molar-refractivity contribution in [2.75, 3.05) is 0 Å². The van der Waals surface area contributed by atoms with Crippen LogP contribution in [0.25, 0.3) is 0 Å². The molecule has 2 aliphatic rings. The fourth-order valence-electron chi connectivity index (χ4n) is 2.85. The Morgan fingerprint density at radius 3 is 2.45 bits per heavy atom. The molecule has 3 rings (SSSR count). The molecule has 1 saturated heterocycles. The molecule has 1 aromatic rings. The number of benzene rings is 1. The van der Waals surface area contributed by atoms with Crippen LogP contribution in [0, 0.1) is 35.5 Å². The van der Waals surface area contributed by atoms with Gasteiger partial charge in [0, 0.05) is 5.92 Å². The van der Waals surface area contributed by atoms with Crippen LogP contribution in [0.2, 0.25) is 0 Å². The molecule has 2 atom stereocenters. The Kier molecular flexibility index (Phi) is 3.30. The van der Waals surface area contributed by atoms with Gasteiger partial charge in [0.15, 0.2) is 0 Å². The number of hydroxylamine groups is 2. The standard InChI is InChI=1S/C15H13N3O3S/c1-11-2-6-14(7-3-11)22(19,20)21-18-13-5-4-12(8-13)15(18,9-16)10-17/h2-7,12-13H,8H2,1H3. The minimum absolute atomic E-state index is 0.00497. The quantitative estimate of drug-likeness (QED) is 0.787. The van der Waals surface area contributed by atoms with Crippen molar-refractivity contribution in [1.29, 1.82) is 10.5 Å². The normalized spacial score (nSPS) is 25.8. The molecule has 112 valence electrons. The minimum atomic E-state index is -4.08. The van der Waals surface area contributed by atoms with E-state index >= 15 is 0 Å². The van der Waals surface area contributed by atoms with Crippen LogP contribution in [0.3, 0.4) is 0 Å². The van der Waals surface area contributed by atoms with Crippen molar-refractivity contribution in [2.45, 2.75) is 29.8 Å². The van der Waals surface area contributed by atoms with E-state index in [1.807, 2.05) is 19.1 Å². The van der Waals surface area contributed by atoms with Gasteiger partial charge in [0.2, 0.25) is 5.54 Å². The summed E-state index contributed by atoms with van der Waals surface area (Å²) in [4.78, 5) is -0.00497. The molecule has 1 fully saturated rings. The first-order valence-corrected chi connectivity index (χ1v) is 8.15. The highest BCUT2D eigenvalue weighted by Crippen LogP contribution is 2.45. The van der Waals surface area contributed by atoms with Crippen LogP contribution in [0.1, 0.15) is 12.0 Å². The molecule has 0 spiro atoms. The van der Waals surface area contributed by atoms with E-state index in [0.29, 0.717) is 6.42 Å². The summed E-state index contributed by atoms with van der Waals surface area (Å²) in [6.07, 6.45) is 4.04. The molecule has 1 aromatic carbocycles. The molecule has 0 amide bonds. The zero-order valence-corrected chi connectivity index (χ0v) is 12.6. The van der Waals surface area contributed by atoms with Gasteiger partial charge in [0.1, 0.15) is 12.1 Å². The summed E-state index contributed by atoms with van der Waals surface area (Å²) in [5.41, 5.74) is -0.678. The number of hydrogen-bond acceptors (Lipinski definition) is 6. The van der Waals surface area contributed by atoms with Gasteiger partial charge in [0.25, 0.3) is 0 Å². The average Bonchev–Trinajstić information content (AvgIpc) is 3.08. The summed E-state index contributed by atoms with van der Waals surface area (Å²) < 4.78 is 29.9. The third-order valence-electron chi connectivity index (χ3n) is 4.08. The van der Waals surface area contributed by atoms with E-state index in [1.54, 1.807) is 24.3 Å². The van der Waals surface area contributed by atoms with Gasteiger partial charge in [-0.25, -0.2) is 0 Å². The molecule has 7 heteroatoms. The lowest BCUT2D eigenvalue weighted by Gasteiger charge is -2.31. The molecule has 1 aliphatic heterocycles. The number of nitrogens with zero attached hydrogens (tertiary/aromatic N) is 3. The smallest absolute Gasteiger partial charge is 0.195 e. The van der Waals surface area contributed by atoms with E-state index < -0.39 is 15.7 Å². The molecule has 1 heterocycles. The second-order valence-corrected chi connectivity index (χ2v) is 6.98. The first-order chi connectivity index (χ1) is 10.4. The van der Waals surface area contributed by atoms with Crippen LogP contribution in [0.4, 0.5) is 0 Å². The number of hydrogen-bond donors (Lipinski definition) is 0. The van der Waals surface area contributed by atoms with E-state index in [4.69, 9.17) is 4.28 Å². The Morgan fingerprint density at radius 1 is 1.23 bits per heavy atom. The summed E-state index contributed by atoms with van der Waals surface area (Å²) in [7, 11) is -4.08.